The van der Waals surface area contributed by atoms with Crippen molar-refractivity contribution in [1.29, 1.82) is 0 Å². The zero-order valence-corrected chi connectivity index (χ0v) is 5.90. The SMILES string of the molecule is O=C(OC1(C(F)(F)F)OO1)C(F)(F)F. The van der Waals surface area contributed by atoms with Gasteiger partial charge in [0.1, 0.15) is 0 Å². The smallest absolute Gasteiger partial charge is 0.390 e. The minimum Gasteiger partial charge on any atom is -0.390 e. The Labute approximate surface area is 71.3 Å². The number of rotatable bonds is 1. The molecule has 1 aliphatic heterocycles. The standard InChI is InChI=1S/C4F6O4/c5-2(6,7)1(11)12-4(13-14-4)3(8,9)10. The monoisotopic (exact) mass is 226 g/mol. The van der Waals surface area contributed by atoms with E-state index in [-0.39, 0.29) is 0 Å². The molecule has 0 aliphatic carbocycles. The molecule has 1 heterocycles. The number of alkyl halides is 6. The van der Waals surface area contributed by atoms with E-state index < -0.39 is 24.3 Å². The lowest BCUT2D eigenvalue weighted by molar-refractivity contribution is -0.289. The molecule has 0 bridgehead atoms. The third kappa shape index (κ3) is 1.90. The largest absolute Gasteiger partial charge is 0.491 e. The number of carbonyl (C=O) groups excluding carboxylic acids is 1. The lowest BCUT2D eigenvalue weighted by Crippen LogP contribution is -2.41. The molecule has 0 radical (unpaired) electrons. The quantitative estimate of drug-likeness (QED) is 0.292. The van der Waals surface area contributed by atoms with Crippen LogP contribution in [-0.2, 0) is 19.3 Å². The minimum absolute atomic E-state index is 2.94. The second kappa shape index (κ2) is 2.73. The molecule has 10 heteroatoms. The number of hydrogen-bond donors (Lipinski definition) is 0. The maximum absolute atomic E-state index is 11.7. The fraction of sp³-hybridized carbons (Fsp3) is 0.750. The van der Waals surface area contributed by atoms with Gasteiger partial charge in [-0.2, -0.15) is 26.3 Å². The van der Waals surface area contributed by atoms with Crippen LogP contribution in [0, 0.1) is 0 Å². The Morgan fingerprint density at radius 1 is 1.07 bits per heavy atom. The first-order valence-corrected chi connectivity index (χ1v) is 2.82. The Morgan fingerprint density at radius 2 is 1.50 bits per heavy atom. The van der Waals surface area contributed by atoms with E-state index in [1.807, 2.05) is 0 Å². The van der Waals surface area contributed by atoms with Gasteiger partial charge in [0.2, 0.25) is 0 Å². The summed E-state index contributed by atoms with van der Waals surface area (Å²) in [6.07, 6.45) is -10.9. The molecular formula is C4F6O4. The third-order valence-electron chi connectivity index (χ3n) is 1.04. The lowest BCUT2D eigenvalue weighted by Gasteiger charge is -2.12. The van der Waals surface area contributed by atoms with Crippen molar-refractivity contribution < 1.29 is 45.6 Å². The molecule has 0 aromatic heterocycles. The topological polar surface area (TPSA) is 51.4 Å². The van der Waals surface area contributed by atoms with E-state index in [1.54, 1.807) is 0 Å². The van der Waals surface area contributed by atoms with Crippen molar-refractivity contribution in [3.8, 4) is 0 Å². The molecular weight excluding hydrogens is 226 g/mol. The molecule has 1 rings (SSSR count). The van der Waals surface area contributed by atoms with E-state index in [9.17, 15) is 31.1 Å². The molecule has 4 nitrogen and oxygen atoms in total. The van der Waals surface area contributed by atoms with Crippen LogP contribution in [0.2, 0.25) is 0 Å². The molecule has 1 fully saturated rings. The van der Waals surface area contributed by atoms with Crippen LogP contribution in [0.15, 0.2) is 0 Å². The van der Waals surface area contributed by atoms with Gasteiger partial charge in [-0.25, -0.2) is 4.79 Å². The fourth-order valence-corrected chi connectivity index (χ4v) is 0.404. The number of esters is 1. The number of ether oxygens (including phenoxy) is 1. The fourth-order valence-electron chi connectivity index (χ4n) is 0.404. The Balaban J connectivity index is 2.67. The highest BCUT2D eigenvalue weighted by Crippen LogP contribution is 2.47. The zero-order valence-electron chi connectivity index (χ0n) is 5.90. The van der Waals surface area contributed by atoms with Crippen molar-refractivity contribution in [3.05, 3.63) is 0 Å². The van der Waals surface area contributed by atoms with E-state index in [0.717, 1.165) is 0 Å². The summed E-state index contributed by atoms with van der Waals surface area (Å²) in [5, 5.41) is 0. The Morgan fingerprint density at radius 3 is 1.71 bits per heavy atom. The van der Waals surface area contributed by atoms with Crippen LogP contribution in [0.5, 0.6) is 0 Å². The van der Waals surface area contributed by atoms with Gasteiger partial charge in [0.25, 0.3) is 0 Å². The highest BCUT2D eigenvalue weighted by Gasteiger charge is 2.76. The number of hydrogen-bond acceptors (Lipinski definition) is 4. The van der Waals surface area contributed by atoms with Gasteiger partial charge in [0.15, 0.2) is 0 Å². The first kappa shape index (κ1) is 11.0. The predicted molar refractivity (Wildman–Crippen MR) is 23.1 cm³/mol. The molecule has 0 aromatic carbocycles. The molecule has 82 valence electrons. The van der Waals surface area contributed by atoms with E-state index >= 15 is 0 Å². The minimum atomic E-state index is -5.55. The van der Waals surface area contributed by atoms with Gasteiger partial charge in [-0.3, -0.25) is 0 Å². The Bertz CT molecular complexity index is 250. The molecule has 0 amide bonds. The summed E-state index contributed by atoms with van der Waals surface area (Å²) in [5.41, 5.74) is 0. The molecule has 0 spiro atoms. The van der Waals surface area contributed by atoms with Crippen molar-refractivity contribution in [2.75, 3.05) is 0 Å². The van der Waals surface area contributed by atoms with Crippen LogP contribution < -0.4 is 0 Å². The van der Waals surface area contributed by atoms with Crippen molar-refractivity contribution in [1.82, 2.24) is 0 Å². The third-order valence-corrected chi connectivity index (χ3v) is 1.04. The lowest BCUT2D eigenvalue weighted by atomic mass is 10.5. The van der Waals surface area contributed by atoms with Gasteiger partial charge in [0.05, 0.1) is 0 Å². The van der Waals surface area contributed by atoms with Crippen molar-refractivity contribution >= 4 is 5.97 Å². The van der Waals surface area contributed by atoms with Crippen molar-refractivity contribution in [3.63, 3.8) is 0 Å². The summed E-state index contributed by atoms with van der Waals surface area (Å²) < 4.78 is 72.5. The highest BCUT2D eigenvalue weighted by molar-refractivity contribution is 5.76. The number of halogens is 6. The molecule has 0 unspecified atom stereocenters. The Hall–Kier alpha value is -1.03. The molecule has 0 aromatic rings. The predicted octanol–water partition coefficient (Wildman–Crippen LogP) is 1.27. The normalized spacial score (nSPS) is 20.4. The number of carbonyl (C=O) groups is 1. The van der Waals surface area contributed by atoms with Gasteiger partial charge < -0.3 is 4.74 Å². The van der Waals surface area contributed by atoms with Crippen LogP contribution >= 0.6 is 0 Å². The van der Waals surface area contributed by atoms with Crippen LogP contribution in [0.25, 0.3) is 0 Å². The molecule has 1 saturated heterocycles. The molecule has 1 aliphatic rings. The van der Waals surface area contributed by atoms with Crippen LogP contribution in [0.3, 0.4) is 0 Å². The van der Waals surface area contributed by atoms with Gasteiger partial charge in [-0.1, -0.05) is 0 Å². The molecule has 0 saturated carbocycles. The Kier molecular flexibility index (Phi) is 2.15. The van der Waals surface area contributed by atoms with Gasteiger partial charge in [-0.05, 0) is 0 Å². The summed E-state index contributed by atoms with van der Waals surface area (Å²) in [6, 6.07) is 0. The molecule has 0 atom stereocenters. The summed E-state index contributed by atoms with van der Waals surface area (Å²) in [4.78, 5) is 16.3. The summed E-state index contributed by atoms with van der Waals surface area (Å²) in [7, 11) is 0. The van der Waals surface area contributed by atoms with Gasteiger partial charge in [0, 0.05) is 0 Å². The van der Waals surface area contributed by atoms with E-state index in [2.05, 4.69) is 14.5 Å². The van der Waals surface area contributed by atoms with E-state index in [0.29, 0.717) is 0 Å². The van der Waals surface area contributed by atoms with Gasteiger partial charge >= 0.3 is 24.3 Å². The first-order chi connectivity index (χ1) is 6.08. The summed E-state index contributed by atoms with van der Waals surface area (Å²) >= 11 is 0. The van der Waals surface area contributed by atoms with Gasteiger partial charge in [-0.15, -0.1) is 9.78 Å². The maximum Gasteiger partial charge on any atom is 0.491 e. The second-order valence-electron chi connectivity index (χ2n) is 2.11. The maximum atomic E-state index is 11.7. The average Bonchev–Trinajstić information content (AvgIpc) is 2.64. The summed E-state index contributed by atoms with van der Waals surface area (Å²) in [6.45, 7) is 0. The molecule has 0 N–H and O–H groups in total. The first-order valence-electron chi connectivity index (χ1n) is 2.82. The van der Waals surface area contributed by atoms with Crippen molar-refractivity contribution in [2.24, 2.45) is 0 Å². The second-order valence-corrected chi connectivity index (χ2v) is 2.11. The zero-order chi connectivity index (χ0) is 11.2. The van der Waals surface area contributed by atoms with Crippen LogP contribution in [-0.4, -0.2) is 24.3 Å². The van der Waals surface area contributed by atoms with E-state index in [4.69, 9.17) is 0 Å². The molecule has 14 heavy (non-hydrogen) atoms. The summed E-state index contributed by atoms with van der Waals surface area (Å²) in [5.74, 6) is -6.95. The average molecular weight is 226 g/mol. The highest BCUT2D eigenvalue weighted by atomic mass is 19.4. The van der Waals surface area contributed by atoms with Crippen molar-refractivity contribution in [2.45, 2.75) is 18.3 Å². The van der Waals surface area contributed by atoms with E-state index in [1.165, 1.54) is 0 Å². The van der Waals surface area contributed by atoms with Crippen LogP contribution in [0.1, 0.15) is 0 Å². The van der Waals surface area contributed by atoms with Crippen LogP contribution in [0.4, 0.5) is 26.3 Å².